The summed E-state index contributed by atoms with van der Waals surface area (Å²) in [7, 11) is 0. The number of carboxylic acids is 1. The van der Waals surface area contributed by atoms with E-state index in [4.69, 9.17) is 10.5 Å². The van der Waals surface area contributed by atoms with Gasteiger partial charge in [-0.25, -0.2) is 0 Å². The number of nitrogens with zero attached hydrogens (tertiary/aromatic N) is 1. The number of amides is 5. The number of likely N-dealkylation sites (tertiary alicyclic amines) is 1. The Morgan fingerprint density at radius 1 is 0.895 bits per heavy atom. The summed E-state index contributed by atoms with van der Waals surface area (Å²) in [6.45, 7) is 3.92. The Kier molecular flexibility index (Phi) is 17.7. The topological polar surface area (TPSA) is 214 Å². The van der Waals surface area contributed by atoms with Crippen LogP contribution in [0, 0.1) is 11.8 Å². The first kappa shape index (κ1) is 44.6. The molecule has 0 spiro atoms. The molecule has 1 aliphatic heterocycles. The molecule has 1 aliphatic carbocycles. The minimum atomic E-state index is -1.16. The molecule has 2 aliphatic rings. The van der Waals surface area contributed by atoms with E-state index >= 15 is 0 Å². The van der Waals surface area contributed by atoms with E-state index in [1.165, 1.54) is 4.90 Å². The van der Waals surface area contributed by atoms with Crippen LogP contribution in [0.25, 0.3) is 0 Å². The van der Waals surface area contributed by atoms with Gasteiger partial charge in [0.05, 0.1) is 24.7 Å². The smallest absolute Gasteiger partial charge is 0.303 e. The maximum Gasteiger partial charge on any atom is 0.303 e. The number of rotatable bonds is 22. The average Bonchev–Trinajstić information content (AvgIpc) is 3.63. The normalized spacial score (nSPS) is 19.1. The Bertz CT molecular complexity index is 1670. The maximum atomic E-state index is 14.6. The number of ether oxygens (including phenoxy) is 1. The Balaban J connectivity index is 1.47. The van der Waals surface area contributed by atoms with Crippen LogP contribution in [0.1, 0.15) is 108 Å². The molecule has 0 aromatic heterocycles. The zero-order valence-electron chi connectivity index (χ0n) is 33.2. The van der Waals surface area contributed by atoms with Crippen LogP contribution in [-0.2, 0) is 44.9 Å². The van der Waals surface area contributed by atoms with Gasteiger partial charge < -0.3 is 36.4 Å². The molecule has 57 heavy (non-hydrogen) atoms. The minimum Gasteiger partial charge on any atom is -0.481 e. The van der Waals surface area contributed by atoms with Gasteiger partial charge in [0.2, 0.25) is 29.4 Å². The molecule has 5 amide bonds. The molecule has 2 aromatic carbocycles. The van der Waals surface area contributed by atoms with Gasteiger partial charge in [-0.15, -0.1) is 0 Å². The number of carboxylic acid groups (broad SMARTS) is 1. The Morgan fingerprint density at radius 3 is 2.19 bits per heavy atom. The van der Waals surface area contributed by atoms with Crippen LogP contribution in [0.15, 0.2) is 60.7 Å². The lowest BCUT2D eigenvalue weighted by molar-refractivity contribution is -0.144. The standard InChI is InChI=1S/C43H59N5O9/c1-3-14-34(39(52)42(55)45-22-13-21-33(40(44)53)30-17-9-5-10-18-30)46-41(54)35-25-32(57-27-29-15-7-4-8-16-29)26-48(35)43(56)38(31-19-11-6-12-20-31)47-36(49)23-28(2)24-37(50)51/h4-5,7-10,15-18,28,31-35,38H,3,6,11-14,19-27H2,1-2H3,(H2,44,53)(H,45,55)(H,46,54)(H,47,49)(H,50,51)/t28?,32-,33?,34?,35+,38+/m1/s1. The van der Waals surface area contributed by atoms with Gasteiger partial charge in [0.25, 0.3) is 5.91 Å². The Morgan fingerprint density at radius 2 is 1.56 bits per heavy atom. The predicted molar refractivity (Wildman–Crippen MR) is 212 cm³/mol. The molecular formula is C43H59N5O9. The van der Waals surface area contributed by atoms with Crippen molar-refractivity contribution in [2.75, 3.05) is 13.1 Å². The van der Waals surface area contributed by atoms with E-state index in [0.717, 1.165) is 30.4 Å². The number of aliphatic carboxylic acids is 1. The van der Waals surface area contributed by atoms with Gasteiger partial charge in [0, 0.05) is 32.4 Å². The molecule has 3 unspecified atom stereocenters. The number of benzene rings is 2. The molecule has 14 heteroatoms. The summed E-state index contributed by atoms with van der Waals surface area (Å²) in [4.78, 5) is 93.4. The number of carbonyl (C=O) groups excluding carboxylic acids is 6. The van der Waals surface area contributed by atoms with Crippen molar-refractivity contribution in [3.63, 3.8) is 0 Å². The van der Waals surface area contributed by atoms with Crippen LogP contribution in [0.3, 0.4) is 0 Å². The van der Waals surface area contributed by atoms with Gasteiger partial charge in [-0.05, 0) is 55.1 Å². The highest BCUT2D eigenvalue weighted by molar-refractivity contribution is 6.38. The molecule has 6 N–H and O–H groups in total. The minimum absolute atomic E-state index is 0.0699. The second-order valence-corrected chi connectivity index (χ2v) is 15.5. The van der Waals surface area contributed by atoms with E-state index in [-0.39, 0.29) is 51.3 Å². The van der Waals surface area contributed by atoms with Crippen molar-refractivity contribution in [2.24, 2.45) is 17.6 Å². The third-order valence-electron chi connectivity index (χ3n) is 10.9. The van der Waals surface area contributed by atoms with Crippen molar-refractivity contribution >= 4 is 41.3 Å². The van der Waals surface area contributed by atoms with E-state index in [1.807, 2.05) is 67.6 Å². The van der Waals surface area contributed by atoms with Crippen LogP contribution in [0.4, 0.5) is 0 Å². The molecule has 1 heterocycles. The summed E-state index contributed by atoms with van der Waals surface area (Å²) in [5, 5.41) is 17.5. The van der Waals surface area contributed by atoms with Gasteiger partial charge >= 0.3 is 5.97 Å². The largest absolute Gasteiger partial charge is 0.481 e. The zero-order valence-corrected chi connectivity index (χ0v) is 33.2. The Labute approximate surface area is 335 Å². The SMILES string of the molecule is CCCC(NC(=O)[C@@H]1C[C@@H](OCc2ccccc2)CN1C(=O)[C@@H](NC(=O)CC(C)CC(=O)O)C1CCCCC1)C(=O)C(=O)NCCCC(C(N)=O)c1ccccc1. The highest BCUT2D eigenvalue weighted by atomic mass is 16.5. The van der Waals surface area contributed by atoms with Crippen molar-refractivity contribution in [3.05, 3.63) is 71.8 Å². The lowest BCUT2D eigenvalue weighted by Crippen LogP contribution is -2.58. The van der Waals surface area contributed by atoms with E-state index in [2.05, 4.69) is 16.0 Å². The van der Waals surface area contributed by atoms with E-state index in [1.54, 1.807) is 6.92 Å². The molecule has 14 nitrogen and oxygen atoms in total. The number of hydrogen-bond donors (Lipinski definition) is 5. The third-order valence-corrected chi connectivity index (χ3v) is 10.9. The lowest BCUT2D eigenvalue weighted by Gasteiger charge is -2.35. The molecule has 2 fully saturated rings. The first-order valence-corrected chi connectivity index (χ1v) is 20.3. The molecule has 2 aromatic rings. The van der Waals surface area contributed by atoms with Crippen LogP contribution in [-0.4, -0.2) is 88.6 Å². The molecule has 0 bridgehead atoms. The van der Waals surface area contributed by atoms with Crippen molar-refractivity contribution in [1.29, 1.82) is 0 Å². The summed E-state index contributed by atoms with van der Waals surface area (Å²) in [6, 6.07) is 15.4. The fraction of sp³-hybridized carbons (Fsp3) is 0.558. The summed E-state index contributed by atoms with van der Waals surface area (Å²) in [5.41, 5.74) is 7.31. The van der Waals surface area contributed by atoms with Crippen molar-refractivity contribution in [3.8, 4) is 0 Å². The number of ketones is 1. The van der Waals surface area contributed by atoms with Gasteiger partial charge in [0.1, 0.15) is 12.1 Å². The fourth-order valence-electron chi connectivity index (χ4n) is 7.88. The molecule has 4 rings (SSSR count). The van der Waals surface area contributed by atoms with Gasteiger partial charge in [-0.2, -0.15) is 0 Å². The monoisotopic (exact) mass is 789 g/mol. The van der Waals surface area contributed by atoms with E-state index < -0.39 is 77.4 Å². The zero-order chi connectivity index (χ0) is 41.3. The maximum absolute atomic E-state index is 14.6. The lowest BCUT2D eigenvalue weighted by atomic mass is 9.83. The van der Waals surface area contributed by atoms with Gasteiger partial charge in [-0.1, -0.05) is 100 Å². The highest BCUT2D eigenvalue weighted by Crippen LogP contribution is 2.31. The summed E-state index contributed by atoms with van der Waals surface area (Å²) in [5.74, 6) is -5.85. The molecule has 1 saturated carbocycles. The second-order valence-electron chi connectivity index (χ2n) is 15.5. The van der Waals surface area contributed by atoms with Gasteiger partial charge in [-0.3, -0.25) is 33.6 Å². The van der Waals surface area contributed by atoms with Crippen LogP contribution in [0.5, 0.6) is 0 Å². The molecule has 310 valence electrons. The average molecular weight is 790 g/mol. The predicted octanol–water partition coefficient (Wildman–Crippen LogP) is 3.76. The summed E-state index contributed by atoms with van der Waals surface area (Å²) < 4.78 is 6.22. The quantitative estimate of drug-likeness (QED) is 0.0867. The fourth-order valence-corrected chi connectivity index (χ4v) is 7.88. The Hall–Kier alpha value is -5.11. The number of hydrogen-bond acceptors (Lipinski definition) is 8. The van der Waals surface area contributed by atoms with E-state index in [9.17, 15) is 38.7 Å². The van der Waals surface area contributed by atoms with Crippen molar-refractivity contribution < 1.29 is 43.4 Å². The number of carbonyl (C=O) groups is 7. The van der Waals surface area contributed by atoms with Crippen molar-refractivity contribution in [1.82, 2.24) is 20.9 Å². The van der Waals surface area contributed by atoms with Crippen molar-refractivity contribution in [2.45, 2.75) is 128 Å². The second kappa shape index (κ2) is 22.6. The van der Waals surface area contributed by atoms with Gasteiger partial charge in [0.15, 0.2) is 0 Å². The first-order chi connectivity index (χ1) is 27.4. The molecular weight excluding hydrogens is 730 g/mol. The van der Waals surface area contributed by atoms with E-state index in [0.29, 0.717) is 32.1 Å². The highest BCUT2D eigenvalue weighted by Gasteiger charge is 2.45. The molecule has 0 radical (unpaired) electrons. The summed E-state index contributed by atoms with van der Waals surface area (Å²) in [6.07, 6.45) is 4.93. The third kappa shape index (κ3) is 13.8. The summed E-state index contributed by atoms with van der Waals surface area (Å²) >= 11 is 0. The molecule has 6 atom stereocenters. The van der Waals surface area contributed by atoms with Crippen LogP contribution < -0.4 is 21.7 Å². The molecule has 1 saturated heterocycles. The number of nitrogens with one attached hydrogen (secondary N) is 3. The number of Topliss-reactive ketones (excluding diaryl/α,β-unsaturated/α-hetero) is 1. The number of nitrogens with two attached hydrogens (primary N) is 1. The number of primary amides is 1. The van der Waals surface area contributed by atoms with Crippen LogP contribution >= 0.6 is 0 Å². The first-order valence-electron chi connectivity index (χ1n) is 20.3. The van der Waals surface area contributed by atoms with Crippen LogP contribution in [0.2, 0.25) is 0 Å².